The first-order chi connectivity index (χ1) is 12.5. The number of carboxylic acid groups (broad SMARTS) is 1. The maximum Gasteiger partial charge on any atom is 0.310 e. The zero-order valence-corrected chi connectivity index (χ0v) is 16.8. The molecule has 1 aliphatic rings. The Hall–Kier alpha value is -1.32. The van der Waals surface area contributed by atoms with E-state index in [4.69, 9.17) is 4.74 Å². The summed E-state index contributed by atoms with van der Waals surface area (Å²) in [5.74, 6) is -1.57. The smallest absolute Gasteiger partial charge is 0.310 e. The standard InChI is InChI=1S/C22H38O4/c1-18(2)14-10-8-6-4-3-5-7-9-13-17-26-22(25)20-16-12-11-15-19(20)21(23)24/h11-12,18-20H,3-10,13-17H2,1-2H3,(H,23,24). The molecule has 0 radical (unpaired) electrons. The largest absolute Gasteiger partial charge is 0.481 e. The lowest BCUT2D eigenvalue weighted by molar-refractivity contribution is -0.158. The number of rotatable bonds is 14. The monoisotopic (exact) mass is 366 g/mol. The summed E-state index contributed by atoms with van der Waals surface area (Å²) in [6.07, 6.45) is 17.1. The minimum absolute atomic E-state index is 0.344. The van der Waals surface area contributed by atoms with Crippen molar-refractivity contribution in [1.82, 2.24) is 0 Å². The van der Waals surface area contributed by atoms with Gasteiger partial charge < -0.3 is 9.84 Å². The van der Waals surface area contributed by atoms with Crippen LogP contribution in [0.25, 0.3) is 0 Å². The van der Waals surface area contributed by atoms with Crippen molar-refractivity contribution in [2.24, 2.45) is 17.8 Å². The lowest BCUT2D eigenvalue weighted by Crippen LogP contribution is -2.32. The Labute approximate surface area is 159 Å². The van der Waals surface area contributed by atoms with E-state index >= 15 is 0 Å². The highest BCUT2D eigenvalue weighted by Crippen LogP contribution is 2.27. The van der Waals surface area contributed by atoms with E-state index in [2.05, 4.69) is 13.8 Å². The molecule has 0 aromatic carbocycles. The fourth-order valence-corrected chi connectivity index (χ4v) is 3.52. The van der Waals surface area contributed by atoms with Crippen LogP contribution in [0.5, 0.6) is 0 Å². The van der Waals surface area contributed by atoms with Crippen molar-refractivity contribution in [2.75, 3.05) is 6.61 Å². The average molecular weight is 367 g/mol. The molecule has 0 spiro atoms. The molecule has 150 valence electrons. The van der Waals surface area contributed by atoms with Crippen molar-refractivity contribution in [1.29, 1.82) is 0 Å². The van der Waals surface area contributed by atoms with Crippen molar-refractivity contribution in [3.8, 4) is 0 Å². The van der Waals surface area contributed by atoms with Crippen molar-refractivity contribution in [3.05, 3.63) is 12.2 Å². The van der Waals surface area contributed by atoms with Crippen LogP contribution in [0.4, 0.5) is 0 Å². The molecule has 0 aromatic rings. The van der Waals surface area contributed by atoms with E-state index < -0.39 is 17.8 Å². The lowest BCUT2D eigenvalue weighted by atomic mass is 9.83. The number of hydrogen-bond acceptors (Lipinski definition) is 3. The molecule has 1 rings (SSSR count). The van der Waals surface area contributed by atoms with Crippen molar-refractivity contribution in [3.63, 3.8) is 0 Å². The van der Waals surface area contributed by atoms with Crippen LogP contribution in [-0.4, -0.2) is 23.7 Å². The Morgan fingerprint density at radius 3 is 1.92 bits per heavy atom. The Morgan fingerprint density at radius 1 is 0.885 bits per heavy atom. The molecule has 1 aliphatic carbocycles. The van der Waals surface area contributed by atoms with Crippen molar-refractivity contribution >= 4 is 11.9 Å². The van der Waals surface area contributed by atoms with Crippen molar-refractivity contribution < 1.29 is 19.4 Å². The summed E-state index contributed by atoms with van der Waals surface area (Å²) in [6, 6.07) is 0. The van der Waals surface area contributed by atoms with Gasteiger partial charge in [-0.25, -0.2) is 0 Å². The number of ether oxygens (including phenoxy) is 1. The van der Waals surface area contributed by atoms with E-state index in [0.717, 1.165) is 18.8 Å². The van der Waals surface area contributed by atoms with Gasteiger partial charge in [-0.1, -0.05) is 83.8 Å². The molecule has 0 saturated carbocycles. The third kappa shape index (κ3) is 9.98. The molecule has 0 heterocycles. The molecule has 0 aromatic heterocycles. The van der Waals surface area contributed by atoms with Gasteiger partial charge in [0.05, 0.1) is 18.4 Å². The van der Waals surface area contributed by atoms with Crippen molar-refractivity contribution in [2.45, 2.75) is 90.9 Å². The van der Waals surface area contributed by atoms with Crippen LogP contribution in [0.1, 0.15) is 90.9 Å². The molecule has 0 amide bonds. The summed E-state index contributed by atoms with van der Waals surface area (Å²) in [7, 11) is 0. The first kappa shape index (κ1) is 22.7. The van der Waals surface area contributed by atoms with Gasteiger partial charge in [-0.2, -0.15) is 0 Å². The highest BCUT2D eigenvalue weighted by Gasteiger charge is 2.34. The van der Waals surface area contributed by atoms with Crippen LogP contribution in [-0.2, 0) is 14.3 Å². The van der Waals surface area contributed by atoms with Crippen LogP contribution in [0.3, 0.4) is 0 Å². The SMILES string of the molecule is CC(C)CCCCCCCCCCCOC(=O)C1CC=CCC1C(=O)O. The molecule has 2 atom stereocenters. The van der Waals surface area contributed by atoms with Crippen LogP contribution >= 0.6 is 0 Å². The molecular formula is C22H38O4. The molecule has 1 N–H and O–H groups in total. The van der Waals surface area contributed by atoms with Crippen LogP contribution in [0, 0.1) is 17.8 Å². The Bertz CT molecular complexity index is 428. The molecule has 0 bridgehead atoms. The lowest BCUT2D eigenvalue weighted by Gasteiger charge is -2.23. The highest BCUT2D eigenvalue weighted by atomic mass is 16.5. The second-order valence-electron chi connectivity index (χ2n) is 8.03. The number of esters is 1. The number of carbonyl (C=O) groups is 2. The number of carboxylic acids is 1. The summed E-state index contributed by atoms with van der Waals surface area (Å²) in [4.78, 5) is 23.3. The van der Waals surface area contributed by atoms with Crippen LogP contribution < -0.4 is 0 Å². The zero-order valence-electron chi connectivity index (χ0n) is 16.8. The minimum Gasteiger partial charge on any atom is -0.481 e. The van der Waals surface area contributed by atoms with Gasteiger partial charge in [-0.05, 0) is 25.2 Å². The van der Waals surface area contributed by atoms with Gasteiger partial charge in [0.1, 0.15) is 0 Å². The average Bonchev–Trinajstić information content (AvgIpc) is 2.62. The molecule has 0 saturated heterocycles. The molecule has 4 heteroatoms. The van der Waals surface area contributed by atoms with E-state index in [1.165, 1.54) is 51.4 Å². The van der Waals surface area contributed by atoms with Gasteiger partial charge in [0.25, 0.3) is 0 Å². The van der Waals surface area contributed by atoms with Crippen LogP contribution in [0.2, 0.25) is 0 Å². The van der Waals surface area contributed by atoms with Crippen LogP contribution in [0.15, 0.2) is 12.2 Å². The van der Waals surface area contributed by atoms with Gasteiger partial charge >= 0.3 is 11.9 Å². The number of unbranched alkanes of at least 4 members (excludes halogenated alkanes) is 8. The summed E-state index contributed by atoms with van der Waals surface area (Å²) in [5.41, 5.74) is 0. The summed E-state index contributed by atoms with van der Waals surface area (Å²) in [6.45, 7) is 4.99. The fraction of sp³-hybridized carbons (Fsp3) is 0.818. The first-order valence-electron chi connectivity index (χ1n) is 10.6. The third-order valence-electron chi connectivity index (χ3n) is 5.22. The minimum atomic E-state index is -0.902. The molecule has 4 nitrogen and oxygen atoms in total. The highest BCUT2D eigenvalue weighted by molar-refractivity contribution is 5.81. The first-order valence-corrected chi connectivity index (χ1v) is 10.6. The molecule has 0 fully saturated rings. The van der Waals surface area contributed by atoms with Gasteiger partial charge in [0.2, 0.25) is 0 Å². The third-order valence-corrected chi connectivity index (χ3v) is 5.22. The molecule has 26 heavy (non-hydrogen) atoms. The Kier molecular flexibility index (Phi) is 12.1. The number of carbonyl (C=O) groups excluding carboxylic acids is 1. The maximum absolute atomic E-state index is 12.1. The second kappa shape index (κ2) is 13.8. The maximum atomic E-state index is 12.1. The molecule has 0 aliphatic heterocycles. The number of aliphatic carboxylic acids is 1. The second-order valence-corrected chi connectivity index (χ2v) is 8.03. The van der Waals surface area contributed by atoms with Gasteiger partial charge in [0, 0.05) is 0 Å². The quantitative estimate of drug-likeness (QED) is 0.241. The van der Waals surface area contributed by atoms with Gasteiger partial charge in [-0.3, -0.25) is 9.59 Å². The zero-order chi connectivity index (χ0) is 19.2. The summed E-state index contributed by atoms with van der Waals surface area (Å²) < 4.78 is 5.32. The Balaban J connectivity index is 1.96. The van der Waals surface area contributed by atoms with Gasteiger partial charge in [-0.15, -0.1) is 0 Å². The Morgan fingerprint density at radius 2 is 1.38 bits per heavy atom. The number of allylic oxidation sites excluding steroid dienone is 2. The van der Waals surface area contributed by atoms with Gasteiger partial charge in [0.15, 0.2) is 0 Å². The van der Waals surface area contributed by atoms with E-state index in [0.29, 0.717) is 19.4 Å². The summed E-state index contributed by atoms with van der Waals surface area (Å²) >= 11 is 0. The molecule has 2 unspecified atom stereocenters. The van der Waals surface area contributed by atoms with E-state index in [-0.39, 0.29) is 5.97 Å². The fourth-order valence-electron chi connectivity index (χ4n) is 3.52. The van der Waals surface area contributed by atoms with E-state index in [9.17, 15) is 14.7 Å². The normalized spacial score (nSPS) is 19.7. The predicted octanol–water partition coefficient (Wildman–Crippen LogP) is 5.75. The summed E-state index contributed by atoms with van der Waals surface area (Å²) in [5, 5.41) is 9.20. The number of hydrogen-bond donors (Lipinski definition) is 1. The predicted molar refractivity (Wildman–Crippen MR) is 105 cm³/mol. The van der Waals surface area contributed by atoms with E-state index in [1.807, 2.05) is 12.2 Å². The molecular weight excluding hydrogens is 328 g/mol. The van der Waals surface area contributed by atoms with E-state index in [1.54, 1.807) is 0 Å². The topological polar surface area (TPSA) is 63.6 Å².